The number of hydrogen-bond donors (Lipinski definition) is 2. The summed E-state index contributed by atoms with van der Waals surface area (Å²) >= 11 is 0. The molecule has 1 fully saturated rings. The number of carbonyl (C=O) groups is 1. The number of carbonyl (C=O) groups excluding carboxylic acids is 1. The Kier molecular flexibility index (Phi) is 4.59. The fraction of sp³-hybridized carbons (Fsp3) is 0.562. The van der Waals surface area contributed by atoms with Gasteiger partial charge < -0.3 is 10.6 Å². The second-order valence-electron chi connectivity index (χ2n) is 5.47. The largest absolute Gasteiger partial charge is 0.348 e. The van der Waals surface area contributed by atoms with Crippen molar-refractivity contribution < 1.29 is 4.79 Å². The van der Waals surface area contributed by atoms with Crippen LogP contribution in [0.4, 0.5) is 0 Å². The van der Waals surface area contributed by atoms with Crippen LogP contribution in [0.25, 0.3) is 0 Å². The van der Waals surface area contributed by atoms with E-state index in [4.69, 9.17) is 0 Å². The van der Waals surface area contributed by atoms with Gasteiger partial charge in [0.05, 0.1) is 11.6 Å². The molecular formula is C16H24N2O. The molecule has 1 aliphatic heterocycles. The first-order chi connectivity index (χ1) is 9.18. The minimum atomic E-state index is -0.336. The second kappa shape index (κ2) is 6.20. The van der Waals surface area contributed by atoms with Gasteiger partial charge in [-0.1, -0.05) is 43.7 Å². The molecule has 1 amide bonds. The smallest absolute Gasteiger partial charge is 0.240 e. The van der Waals surface area contributed by atoms with Crippen molar-refractivity contribution in [2.24, 2.45) is 0 Å². The third kappa shape index (κ3) is 3.16. The maximum atomic E-state index is 12.6. The minimum Gasteiger partial charge on any atom is -0.348 e. The average molecular weight is 260 g/mol. The maximum absolute atomic E-state index is 12.6. The molecule has 0 radical (unpaired) electrons. The lowest BCUT2D eigenvalue weighted by Crippen LogP contribution is -2.53. The normalized spacial score (nSPS) is 24.1. The van der Waals surface area contributed by atoms with Crippen LogP contribution in [-0.4, -0.2) is 18.0 Å². The van der Waals surface area contributed by atoms with Crippen molar-refractivity contribution in [2.75, 3.05) is 6.54 Å². The molecule has 1 aromatic carbocycles. The molecule has 3 heteroatoms. The standard InChI is InChI=1S/C16H24N2O/c1-3-10-16(11-7-12-17-16)15(19)18-13(2)14-8-5-4-6-9-14/h4-6,8-9,13,17H,3,7,10-12H2,1-2H3,(H,18,19)/t13-,16?/m1/s1. The highest BCUT2D eigenvalue weighted by Gasteiger charge is 2.40. The number of amides is 1. The van der Waals surface area contributed by atoms with Gasteiger partial charge >= 0.3 is 0 Å². The molecule has 2 rings (SSSR count). The fourth-order valence-corrected chi connectivity index (χ4v) is 2.91. The minimum absolute atomic E-state index is 0.0600. The Labute approximate surface area is 115 Å². The molecule has 19 heavy (non-hydrogen) atoms. The van der Waals surface area contributed by atoms with Gasteiger partial charge in [0.2, 0.25) is 5.91 Å². The summed E-state index contributed by atoms with van der Waals surface area (Å²) in [7, 11) is 0. The first-order valence-corrected chi connectivity index (χ1v) is 7.29. The molecule has 0 saturated carbocycles. The molecule has 2 atom stereocenters. The highest BCUT2D eigenvalue weighted by molar-refractivity contribution is 5.87. The lowest BCUT2D eigenvalue weighted by Gasteiger charge is -2.29. The van der Waals surface area contributed by atoms with Crippen molar-refractivity contribution in [3.63, 3.8) is 0 Å². The summed E-state index contributed by atoms with van der Waals surface area (Å²) in [5, 5.41) is 6.58. The Balaban J connectivity index is 2.03. The fourth-order valence-electron chi connectivity index (χ4n) is 2.91. The summed E-state index contributed by atoms with van der Waals surface area (Å²) in [5.41, 5.74) is 0.818. The van der Waals surface area contributed by atoms with Gasteiger partial charge in [0, 0.05) is 0 Å². The molecule has 3 nitrogen and oxygen atoms in total. The van der Waals surface area contributed by atoms with E-state index in [0.29, 0.717) is 0 Å². The Bertz CT molecular complexity index is 410. The predicted molar refractivity (Wildman–Crippen MR) is 77.9 cm³/mol. The Morgan fingerprint density at radius 1 is 1.42 bits per heavy atom. The van der Waals surface area contributed by atoms with Gasteiger partial charge in [0.1, 0.15) is 0 Å². The topological polar surface area (TPSA) is 41.1 Å². The SMILES string of the molecule is CCCC1(C(=O)N[C@H](C)c2ccccc2)CCCN1. The lowest BCUT2D eigenvalue weighted by atomic mass is 9.90. The van der Waals surface area contributed by atoms with Gasteiger partial charge in [-0.05, 0) is 38.3 Å². The number of nitrogens with one attached hydrogen (secondary N) is 2. The third-order valence-electron chi connectivity index (χ3n) is 4.00. The van der Waals surface area contributed by atoms with E-state index >= 15 is 0 Å². The van der Waals surface area contributed by atoms with Crippen LogP contribution in [-0.2, 0) is 4.79 Å². The predicted octanol–water partition coefficient (Wildman–Crippen LogP) is 2.79. The zero-order valence-corrected chi connectivity index (χ0v) is 11.9. The van der Waals surface area contributed by atoms with Crippen LogP contribution in [0, 0.1) is 0 Å². The van der Waals surface area contributed by atoms with Crippen LogP contribution in [0.15, 0.2) is 30.3 Å². The van der Waals surface area contributed by atoms with E-state index in [2.05, 4.69) is 29.7 Å². The molecule has 104 valence electrons. The van der Waals surface area contributed by atoms with Crippen LogP contribution in [0.1, 0.15) is 51.1 Å². The molecule has 1 heterocycles. The number of benzene rings is 1. The Morgan fingerprint density at radius 2 is 2.16 bits per heavy atom. The molecule has 0 aromatic heterocycles. The summed E-state index contributed by atoms with van der Waals surface area (Å²) < 4.78 is 0. The molecule has 1 aromatic rings. The highest BCUT2D eigenvalue weighted by Crippen LogP contribution is 2.26. The zero-order valence-electron chi connectivity index (χ0n) is 11.9. The van der Waals surface area contributed by atoms with E-state index in [1.807, 2.05) is 25.1 Å². The molecule has 0 aliphatic carbocycles. The van der Waals surface area contributed by atoms with Crippen LogP contribution in [0.3, 0.4) is 0 Å². The molecule has 2 N–H and O–H groups in total. The second-order valence-corrected chi connectivity index (χ2v) is 5.47. The van der Waals surface area contributed by atoms with Crippen molar-refractivity contribution in [1.82, 2.24) is 10.6 Å². The quantitative estimate of drug-likeness (QED) is 0.854. The lowest BCUT2D eigenvalue weighted by molar-refractivity contribution is -0.128. The first kappa shape index (κ1) is 14.1. The van der Waals surface area contributed by atoms with Gasteiger partial charge in [0.15, 0.2) is 0 Å². The maximum Gasteiger partial charge on any atom is 0.240 e. The molecule has 0 bridgehead atoms. The Morgan fingerprint density at radius 3 is 2.74 bits per heavy atom. The van der Waals surface area contributed by atoms with Crippen molar-refractivity contribution in [3.8, 4) is 0 Å². The van der Waals surface area contributed by atoms with Gasteiger partial charge in [-0.3, -0.25) is 4.79 Å². The Hall–Kier alpha value is -1.35. The van der Waals surface area contributed by atoms with E-state index in [0.717, 1.165) is 37.8 Å². The van der Waals surface area contributed by atoms with Crippen LogP contribution >= 0.6 is 0 Å². The summed E-state index contributed by atoms with van der Waals surface area (Å²) in [5.74, 6) is 0.156. The van der Waals surface area contributed by atoms with Crippen molar-refractivity contribution in [3.05, 3.63) is 35.9 Å². The van der Waals surface area contributed by atoms with Gasteiger partial charge in [0.25, 0.3) is 0 Å². The van der Waals surface area contributed by atoms with E-state index < -0.39 is 0 Å². The van der Waals surface area contributed by atoms with E-state index in [-0.39, 0.29) is 17.5 Å². The molecule has 1 unspecified atom stereocenters. The van der Waals surface area contributed by atoms with Gasteiger partial charge in [-0.15, -0.1) is 0 Å². The first-order valence-electron chi connectivity index (χ1n) is 7.29. The number of hydrogen-bond acceptors (Lipinski definition) is 2. The van der Waals surface area contributed by atoms with E-state index in [1.54, 1.807) is 0 Å². The van der Waals surface area contributed by atoms with Crippen molar-refractivity contribution >= 4 is 5.91 Å². The van der Waals surface area contributed by atoms with Crippen LogP contribution in [0.5, 0.6) is 0 Å². The van der Waals surface area contributed by atoms with E-state index in [9.17, 15) is 4.79 Å². The summed E-state index contributed by atoms with van der Waals surface area (Å²) in [4.78, 5) is 12.6. The molecule has 1 saturated heterocycles. The van der Waals surface area contributed by atoms with Crippen LogP contribution in [0.2, 0.25) is 0 Å². The van der Waals surface area contributed by atoms with E-state index in [1.165, 1.54) is 0 Å². The average Bonchev–Trinajstić information content (AvgIpc) is 2.90. The van der Waals surface area contributed by atoms with Crippen LogP contribution < -0.4 is 10.6 Å². The molecule has 0 spiro atoms. The summed E-state index contributed by atoms with van der Waals surface area (Å²) in [6, 6.07) is 10.2. The molecule has 1 aliphatic rings. The monoisotopic (exact) mass is 260 g/mol. The van der Waals surface area contributed by atoms with Gasteiger partial charge in [-0.25, -0.2) is 0 Å². The zero-order chi connectivity index (χ0) is 13.7. The summed E-state index contributed by atoms with van der Waals surface area (Å²) in [6.07, 6.45) is 3.99. The summed E-state index contributed by atoms with van der Waals surface area (Å²) in [6.45, 7) is 5.13. The number of rotatable bonds is 5. The van der Waals surface area contributed by atoms with Gasteiger partial charge in [-0.2, -0.15) is 0 Å². The third-order valence-corrected chi connectivity index (χ3v) is 4.00. The highest BCUT2D eigenvalue weighted by atomic mass is 16.2. The van der Waals surface area contributed by atoms with Crippen molar-refractivity contribution in [2.45, 2.75) is 51.1 Å². The van der Waals surface area contributed by atoms with Crippen molar-refractivity contribution in [1.29, 1.82) is 0 Å². The molecular weight excluding hydrogens is 236 g/mol.